The molecule has 4 rings (SSSR count). The van der Waals surface area contributed by atoms with Crippen molar-refractivity contribution < 1.29 is 9.47 Å². The Kier molecular flexibility index (Phi) is 5.43. The molecular weight excluding hydrogens is 356 g/mol. The maximum atomic E-state index is 6.15. The fraction of sp³-hybridized carbons (Fsp3) is 0.400. The van der Waals surface area contributed by atoms with Crippen molar-refractivity contribution in [1.29, 1.82) is 0 Å². The van der Waals surface area contributed by atoms with Crippen LogP contribution in [0.15, 0.2) is 42.9 Å². The van der Waals surface area contributed by atoms with Crippen LogP contribution in [-0.4, -0.2) is 59.0 Å². The van der Waals surface area contributed by atoms with E-state index >= 15 is 0 Å². The summed E-state index contributed by atoms with van der Waals surface area (Å²) in [7, 11) is 3.39. The third-order valence-corrected chi connectivity index (χ3v) is 5.26. The first-order valence-electron chi connectivity index (χ1n) is 9.41. The van der Waals surface area contributed by atoms with Gasteiger partial charge in [-0.15, -0.1) is 0 Å². The number of rotatable bonds is 6. The lowest BCUT2D eigenvalue weighted by atomic mass is 10.0. The molecule has 1 aromatic carbocycles. The maximum absolute atomic E-state index is 6.15. The number of likely N-dealkylation sites (tertiary alicyclic amines) is 1. The Bertz CT molecular complexity index is 943. The summed E-state index contributed by atoms with van der Waals surface area (Å²) in [5, 5.41) is 7.75. The summed E-state index contributed by atoms with van der Waals surface area (Å²) in [5.74, 6) is 1.56. The molecule has 3 heterocycles. The summed E-state index contributed by atoms with van der Waals surface area (Å²) >= 11 is 0. The van der Waals surface area contributed by atoms with Crippen LogP contribution in [0.5, 0.6) is 5.75 Å². The molecule has 148 valence electrons. The average molecular weight is 382 g/mol. The molecule has 2 atom stereocenters. The molecule has 1 aliphatic rings. The third kappa shape index (κ3) is 3.80. The minimum Gasteiger partial charge on any atom is -0.497 e. The fourth-order valence-electron chi connectivity index (χ4n) is 3.71. The van der Waals surface area contributed by atoms with E-state index in [1.807, 2.05) is 35.0 Å². The van der Waals surface area contributed by atoms with Gasteiger partial charge in [-0.2, -0.15) is 5.10 Å². The predicted octanol–water partition coefficient (Wildman–Crippen LogP) is 2.03. The molecule has 1 aliphatic heterocycles. The minimum atomic E-state index is 0.0632. The van der Waals surface area contributed by atoms with Crippen LogP contribution >= 0.6 is 0 Å². The predicted molar refractivity (Wildman–Crippen MR) is 108 cm³/mol. The van der Waals surface area contributed by atoms with Crippen LogP contribution in [0.1, 0.15) is 12.0 Å². The first-order valence-corrected chi connectivity index (χ1v) is 9.41. The zero-order valence-corrected chi connectivity index (χ0v) is 16.2. The van der Waals surface area contributed by atoms with E-state index in [2.05, 4.69) is 26.4 Å². The summed E-state index contributed by atoms with van der Waals surface area (Å²) in [5.41, 5.74) is 9.20. The lowest BCUT2D eigenvalue weighted by molar-refractivity contribution is 0.0142. The van der Waals surface area contributed by atoms with Gasteiger partial charge in [0.05, 0.1) is 13.2 Å². The summed E-state index contributed by atoms with van der Waals surface area (Å²) in [6.07, 6.45) is 4.51. The first-order chi connectivity index (χ1) is 13.7. The van der Waals surface area contributed by atoms with Gasteiger partial charge >= 0.3 is 0 Å². The molecule has 3 aromatic rings. The van der Waals surface area contributed by atoms with E-state index in [-0.39, 0.29) is 12.1 Å². The summed E-state index contributed by atoms with van der Waals surface area (Å²) in [6.45, 7) is 2.56. The van der Waals surface area contributed by atoms with Gasteiger partial charge in [0.2, 0.25) is 0 Å². The molecule has 0 spiro atoms. The maximum Gasteiger partial charge on any atom is 0.158 e. The smallest absolute Gasteiger partial charge is 0.158 e. The molecule has 3 N–H and O–H groups in total. The molecule has 0 amide bonds. The molecule has 1 saturated heterocycles. The normalized spacial score (nSPS) is 20.4. The minimum absolute atomic E-state index is 0.0632. The van der Waals surface area contributed by atoms with Gasteiger partial charge in [0.15, 0.2) is 5.82 Å². The van der Waals surface area contributed by atoms with Crippen LogP contribution < -0.4 is 15.8 Å². The SMILES string of the molecule is COc1cccc(Nc2ncnn3ccc(CN4CCC(N)C(OC)C4)c23)c1. The molecule has 8 heteroatoms. The van der Waals surface area contributed by atoms with Crippen molar-refractivity contribution in [3.05, 3.63) is 48.4 Å². The number of nitrogens with one attached hydrogen (secondary N) is 1. The van der Waals surface area contributed by atoms with Gasteiger partial charge in [0.25, 0.3) is 0 Å². The number of ether oxygens (including phenoxy) is 2. The lowest BCUT2D eigenvalue weighted by Crippen LogP contribution is -2.51. The third-order valence-electron chi connectivity index (χ3n) is 5.26. The van der Waals surface area contributed by atoms with Gasteiger partial charge in [-0.3, -0.25) is 4.90 Å². The number of aromatic nitrogens is 3. The Hall–Kier alpha value is -2.68. The zero-order valence-electron chi connectivity index (χ0n) is 16.2. The van der Waals surface area contributed by atoms with E-state index < -0.39 is 0 Å². The molecule has 0 radical (unpaired) electrons. The van der Waals surface area contributed by atoms with E-state index in [0.29, 0.717) is 0 Å². The summed E-state index contributed by atoms with van der Waals surface area (Å²) in [4.78, 5) is 6.85. The topological polar surface area (TPSA) is 89.9 Å². The molecule has 8 nitrogen and oxygen atoms in total. The Morgan fingerprint density at radius 1 is 1.29 bits per heavy atom. The number of fused-ring (bicyclic) bond motifs is 1. The number of hydrogen-bond donors (Lipinski definition) is 2. The standard InChI is InChI=1S/C20H26N6O2/c1-27-16-5-3-4-15(10-16)24-20-19-14(6-9-26(19)23-13-22-20)11-25-8-7-17(21)18(12-25)28-2/h3-6,9-10,13,17-18H,7-8,11-12,21H2,1-2H3,(H,22,23,24). The van der Waals surface area contributed by atoms with Crippen molar-refractivity contribution in [3.8, 4) is 5.75 Å². The molecule has 0 bridgehead atoms. The van der Waals surface area contributed by atoms with Gasteiger partial charge in [0, 0.05) is 50.7 Å². The fourth-order valence-corrected chi connectivity index (χ4v) is 3.71. The molecular formula is C20H26N6O2. The zero-order chi connectivity index (χ0) is 19.5. The van der Waals surface area contributed by atoms with Crippen molar-refractivity contribution in [2.45, 2.75) is 25.1 Å². The van der Waals surface area contributed by atoms with Crippen molar-refractivity contribution in [1.82, 2.24) is 19.5 Å². The van der Waals surface area contributed by atoms with E-state index in [9.17, 15) is 0 Å². The number of anilines is 2. The second-order valence-electron chi connectivity index (χ2n) is 7.06. The van der Waals surface area contributed by atoms with Gasteiger partial charge < -0.3 is 20.5 Å². The highest BCUT2D eigenvalue weighted by Gasteiger charge is 2.27. The van der Waals surface area contributed by atoms with Crippen LogP contribution in [0.25, 0.3) is 5.52 Å². The monoisotopic (exact) mass is 382 g/mol. The van der Waals surface area contributed by atoms with Crippen LogP contribution in [0.3, 0.4) is 0 Å². The van der Waals surface area contributed by atoms with Crippen molar-refractivity contribution in [3.63, 3.8) is 0 Å². The van der Waals surface area contributed by atoms with Gasteiger partial charge in [0.1, 0.15) is 17.6 Å². The van der Waals surface area contributed by atoms with Gasteiger partial charge in [-0.1, -0.05) is 6.07 Å². The molecule has 2 aromatic heterocycles. The Morgan fingerprint density at radius 3 is 3.00 bits per heavy atom. The summed E-state index contributed by atoms with van der Waals surface area (Å²) in [6, 6.07) is 9.98. The highest BCUT2D eigenvalue weighted by atomic mass is 16.5. The molecule has 0 saturated carbocycles. The van der Waals surface area contributed by atoms with Crippen molar-refractivity contribution in [2.24, 2.45) is 5.73 Å². The molecule has 2 unspecified atom stereocenters. The Morgan fingerprint density at radius 2 is 2.18 bits per heavy atom. The average Bonchev–Trinajstić information content (AvgIpc) is 3.13. The number of methoxy groups -OCH3 is 2. The number of nitrogens with two attached hydrogens (primary N) is 1. The van der Waals surface area contributed by atoms with E-state index in [0.717, 1.165) is 54.4 Å². The molecule has 1 fully saturated rings. The van der Waals surface area contributed by atoms with E-state index in [1.165, 1.54) is 0 Å². The van der Waals surface area contributed by atoms with Crippen LogP contribution in [0.4, 0.5) is 11.5 Å². The number of piperidine rings is 1. The Labute approximate surface area is 164 Å². The van der Waals surface area contributed by atoms with Gasteiger partial charge in [-0.05, 0) is 30.2 Å². The second-order valence-corrected chi connectivity index (χ2v) is 7.06. The van der Waals surface area contributed by atoms with Crippen LogP contribution in [0, 0.1) is 0 Å². The molecule has 28 heavy (non-hydrogen) atoms. The lowest BCUT2D eigenvalue weighted by Gasteiger charge is -2.35. The highest BCUT2D eigenvalue weighted by Crippen LogP contribution is 2.26. The van der Waals surface area contributed by atoms with E-state index in [1.54, 1.807) is 20.5 Å². The quantitative estimate of drug-likeness (QED) is 0.674. The first kappa shape index (κ1) is 18.7. The Balaban J connectivity index is 1.60. The van der Waals surface area contributed by atoms with Crippen LogP contribution in [-0.2, 0) is 11.3 Å². The number of nitrogens with zero attached hydrogens (tertiary/aromatic N) is 4. The summed E-state index contributed by atoms with van der Waals surface area (Å²) < 4.78 is 12.7. The largest absolute Gasteiger partial charge is 0.497 e. The van der Waals surface area contributed by atoms with Crippen molar-refractivity contribution >= 4 is 17.0 Å². The van der Waals surface area contributed by atoms with E-state index in [4.69, 9.17) is 15.2 Å². The highest BCUT2D eigenvalue weighted by molar-refractivity contribution is 5.76. The number of benzene rings is 1. The second kappa shape index (κ2) is 8.14. The van der Waals surface area contributed by atoms with Gasteiger partial charge in [-0.25, -0.2) is 9.50 Å². The number of hydrogen-bond acceptors (Lipinski definition) is 7. The molecule has 0 aliphatic carbocycles. The van der Waals surface area contributed by atoms with Crippen molar-refractivity contribution in [2.75, 3.05) is 32.6 Å². The van der Waals surface area contributed by atoms with Crippen LogP contribution in [0.2, 0.25) is 0 Å².